The fourth-order valence-electron chi connectivity index (χ4n) is 2.72. The van der Waals surface area contributed by atoms with Crippen LogP contribution in [0.5, 0.6) is 0 Å². The number of aromatic nitrogens is 1. The molecule has 3 heteroatoms. The van der Waals surface area contributed by atoms with Crippen molar-refractivity contribution >= 4 is 16.9 Å². The van der Waals surface area contributed by atoms with Crippen molar-refractivity contribution in [2.75, 3.05) is 7.11 Å². The maximum atomic E-state index is 12.0. The van der Waals surface area contributed by atoms with E-state index in [-0.39, 0.29) is 5.97 Å². The Labute approximate surface area is 123 Å². The summed E-state index contributed by atoms with van der Waals surface area (Å²) < 4.78 is 7.01. The summed E-state index contributed by atoms with van der Waals surface area (Å²) in [5.74, 6) is -0.294. The van der Waals surface area contributed by atoms with Crippen LogP contribution in [-0.4, -0.2) is 17.6 Å². The van der Waals surface area contributed by atoms with Gasteiger partial charge in [-0.05, 0) is 18.1 Å². The lowest BCUT2D eigenvalue weighted by atomic mass is 10.1. The highest BCUT2D eigenvalue weighted by Crippen LogP contribution is 2.26. The molecule has 1 heterocycles. The van der Waals surface area contributed by atoms with Crippen molar-refractivity contribution < 1.29 is 9.53 Å². The first-order chi connectivity index (χ1) is 10.2. The molecule has 0 saturated carbocycles. The molecule has 0 radical (unpaired) electrons. The zero-order valence-corrected chi connectivity index (χ0v) is 12.2. The van der Waals surface area contributed by atoms with E-state index in [4.69, 9.17) is 4.74 Å². The first-order valence-corrected chi connectivity index (χ1v) is 6.91. The second-order valence-corrected chi connectivity index (χ2v) is 5.12. The van der Waals surface area contributed by atoms with Crippen molar-refractivity contribution in [1.82, 2.24) is 4.57 Å². The van der Waals surface area contributed by atoms with Gasteiger partial charge in [-0.3, -0.25) is 0 Å². The molecule has 0 aliphatic rings. The zero-order chi connectivity index (χ0) is 14.8. The van der Waals surface area contributed by atoms with Gasteiger partial charge in [0, 0.05) is 18.1 Å². The lowest BCUT2D eigenvalue weighted by molar-refractivity contribution is 0.0602. The van der Waals surface area contributed by atoms with Gasteiger partial charge >= 0.3 is 5.97 Å². The van der Waals surface area contributed by atoms with Crippen LogP contribution in [0, 0.1) is 6.92 Å². The van der Waals surface area contributed by atoms with E-state index < -0.39 is 0 Å². The highest BCUT2D eigenvalue weighted by atomic mass is 16.5. The maximum Gasteiger partial charge on any atom is 0.340 e. The van der Waals surface area contributed by atoms with E-state index in [1.54, 1.807) is 0 Å². The number of methoxy groups -OCH3 is 1. The molecule has 0 N–H and O–H groups in total. The smallest absolute Gasteiger partial charge is 0.340 e. The number of aryl methyl sites for hydroxylation is 1. The topological polar surface area (TPSA) is 31.2 Å². The van der Waals surface area contributed by atoms with Gasteiger partial charge in [0.2, 0.25) is 0 Å². The van der Waals surface area contributed by atoms with Crippen LogP contribution in [0.25, 0.3) is 10.9 Å². The number of hydrogen-bond donors (Lipinski definition) is 0. The first-order valence-electron chi connectivity index (χ1n) is 6.91. The Balaban J connectivity index is 2.16. The van der Waals surface area contributed by atoms with Crippen LogP contribution in [0.3, 0.4) is 0 Å². The Morgan fingerprint density at radius 2 is 1.86 bits per heavy atom. The molecule has 21 heavy (non-hydrogen) atoms. The van der Waals surface area contributed by atoms with Gasteiger partial charge in [0.25, 0.3) is 0 Å². The van der Waals surface area contributed by atoms with Crippen LogP contribution in [0.4, 0.5) is 0 Å². The third kappa shape index (κ3) is 2.42. The van der Waals surface area contributed by atoms with E-state index in [2.05, 4.69) is 29.7 Å². The summed E-state index contributed by atoms with van der Waals surface area (Å²) >= 11 is 0. The van der Waals surface area contributed by atoms with E-state index in [9.17, 15) is 4.79 Å². The summed E-state index contributed by atoms with van der Waals surface area (Å²) in [6.45, 7) is 2.80. The van der Waals surface area contributed by atoms with E-state index in [1.165, 1.54) is 12.7 Å². The number of hydrogen-bond acceptors (Lipinski definition) is 2. The van der Waals surface area contributed by atoms with Gasteiger partial charge in [-0.2, -0.15) is 0 Å². The number of rotatable bonds is 3. The van der Waals surface area contributed by atoms with Crippen LogP contribution < -0.4 is 0 Å². The van der Waals surface area contributed by atoms with Gasteiger partial charge in [-0.1, -0.05) is 48.5 Å². The predicted octanol–water partition coefficient (Wildman–Crippen LogP) is 3.78. The average molecular weight is 279 g/mol. The molecule has 0 unspecified atom stereocenters. The molecule has 0 fully saturated rings. The number of carbonyl (C=O) groups is 1. The van der Waals surface area contributed by atoms with Crippen LogP contribution in [0.1, 0.15) is 21.5 Å². The lowest BCUT2D eigenvalue weighted by Gasteiger charge is -2.07. The summed E-state index contributed by atoms with van der Waals surface area (Å²) in [4.78, 5) is 12.0. The SMILES string of the molecule is COC(=O)c1cn(Cc2ccccc2)c2c(C)cccc12. The zero-order valence-electron chi connectivity index (χ0n) is 12.2. The van der Waals surface area contributed by atoms with Crippen molar-refractivity contribution in [3.05, 3.63) is 71.4 Å². The minimum atomic E-state index is -0.294. The molecule has 0 atom stereocenters. The number of fused-ring (bicyclic) bond motifs is 1. The average Bonchev–Trinajstić information content (AvgIpc) is 2.87. The third-order valence-electron chi connectivity index (χ3n) is 3.70. The quantitative estimate of drug-likeness (QED) is 0.683. The maximum absolute atomic E-state index is 12.0. The Hall–Kier alpha value is -2.55. The Bertz CT molecular complexity index is 788. The summed E-state index contributed by atoms with van der Waals surface area (Å²) in [6.07, 6.45) is 1.89. The Morgan fingerprint density at radius 3 is 2.57 bits per heavy atom. The standard InChI is InChI=1S/C18H17NO2/c1-13-7-6-10-15-16(18(20)21-2)12-19(17(13)15)11-14-8-4-3-5-9-14/h3-10,12H,11H2,1-2H3. The molecule has 3 nitrogen and oxygen atoms in total. The molecule has 3 rings (SSSR count). The highest BCUT2D eigenvalue weighted by molar-refractivity contribution is 6.05. The molecule has 0 spiro atoms. The number of esters is 1. The minimum absolute atomic E-state index is 0.294. The second-order valence-electron chi connectivity index (χ2n) is 5.12. The van der Waals surface area contributed by atoms with Crippen LogP contribution in [-0.2, 0) is 11.3 Å². The fourth-order valence-corrected chi connectivity index (χ4v) is 2.72. The van der Waals surface area contributed by atoms with Crippen molar-refractivity contribution in [1.29, 1.82) is 0 Å². The van der Waals surface area contributed by atoms with Gasteiger partial charge in [-0.15, -0.1) is 0 Å². The molecule has 106 valence electrons. The van der Waals surface area contributed by atoms with Gasteiger partial charge < -0.3 is 9.30 Å². The van der Waals surface area contributed by atoms with E-state index >= 15 is 0 Å². The van der Waals surface area contributed by atoms with Gasteiger partial charge in [0.1, 0.15) is 0 Å². The largest absolute Gasteiger partial charge is 0.465 e. The summed E-state index contributed by atoms with van der Waals surface area (Å²) in [7, 11) is 1.42. The number of nitrogens with zero attached hydrogens (tertiary/aromatic N) is 1. The molecule has 0 bridgehead atoms. The minimum Gasteiger partial charge on any atom is -0.465 e. The van der Waals surface area contributed by atoms with Crippen molar-refractivity contribution in [3.8, 4) is 0 Å². The molecular formula is C18H17NO2. The molecule has 0 aliphatic heterocycles. The second kappa shape index (κ2) is 5.44. The van der Waals surface area contributed by atoms with Gasteiger partial charge in [0.15, 0.2) is 0 Å². The summed E-state index contributed by atoms with van der Waals surface area (Å²) in [6, 6.07) is 16.2. The summed E-state index contributed by atoms with van der Waals surface area (Å²) in [5.41, 5.74) is 4.06. The van der Waals surface area contributed by atoms with Crippen LogP contribution >= 0.6 is 0 Å². The summed E-state index contributed by atoms with van der Waals surface area (Å²) in [5, 5.41) is 0.942. The van der Waals surface area contributed by atoms with Crippen LogP contribution in [0.15, 0.2) is 54.7 Å². The first kappa shape index (κ1) is 13.4. The number of benzene rings is 2. The molecule has 2 aromatic carbocycles. The number of ether oxygens (including phenoxy) is 1. The van der Waals surface area contributed by atoms with Crippen molar-refractivity contribution in [2.45, 2.75) is 13.5 Å². The fraction of sp³-hybridized carbons (Fsp3) is 0.167. The van der Waals surface area contributed by atoms with E-state index in [1.807, 2.05) is 36.5 Å². The molecule has 0 aliphatic carbocycles. The molecular weight excluding hydrogens is 262 g/mol. The molecule has 0 saturated heterocycles. The highest BCUT2D eigenvalue weighted by Gasteiger charge is 2.16. The van der Waals surface area contributed by atoms with Crippen LogP contribution in [0.2, 0.25) is 0 Å². The monoisotopic (exact) mass is 279 g/mol. The predicted molar refractivity (Wildman–Crippen MR) is 83.6 cm³/mol. The van der Waals surface area contributed by atoms with E-state index in [0.717, 1.165) is 23.0 Å². The molecule has 3 aromatic rings. The van der Waals surface area contributed by atoms with Gasteiger partial charge in [0.05, 0.1) is 18.2 Å². The van der Waals surface area contributed by atoms with E-state index in [0.29, 0.717) is 5.56 Å². The van der Waals surface area contributed by atoms with Crippen molar-refractivity contribution in [3.63, 3.8) is 0 Å². The Morgan fingerprint density at radius 1 is 1.10 bits per heavy atom. The third-order valence-corrected chi connectivity index (χ3v) is 3.70. The molecule has 1 aromatic heterocycles. The Kier molecular flexibility index (Phi) is 3.48. The normalized spacial score (nSPS) is 10.8. The van der Waals surface area contributed by atoms with Crippen molar-refractivity contribution in [2.24, 2.45) is 0 Å². The lowest BCUT2D eigenvalue weighted by Crippen LogP contribution is -2.01. The number of carbonyl (C=O) groups excluding carboxylic acids is 1. The number of para-hydroxylation sites is 1. The molecule has 0 amide bonds. The van der Waals surface area contributed by atoms with Gasteiger partial charge in [-0.25, -0.2) is 4.79 Å².